The van der Waals surface area contributed by atoms with Gasteiger partial charge >= 0.3 is 0 Å². The van der Waals surface area contributed by atoms with Crippen LogP contribution in [0.4, 0.5) is 0 Å². The Morgan fingerprint density at radius 1 is 1.50 bits per heavy atom. The van der Waals surface area contributed by atoms with Gasteiger partial charge in [0.2, 0.25) is 0 Å². The molecule has 0 amide bonds. The van der Waals surface area contributed by atoms with Crippen LogP contribution >= 0.6 is 0 Å². The normalized spacial score (nSPS) is 12.1. The summed E-state index contributed by atoms with van der Waals surface area (Å²) in [6.45, 7) is 9.28. The summed E-state index contributed by atoms with van der Waals surface area (Å²) in [7, 11) is 0. The van der Waals surface area contributed by atoms with E-state index in [1.165, 1.54) is 0 Å². The van der Waals surface area contributed by atoms with E-state index in [0.29, 0.717) is 0 Å². The molecular formula is C9H14O. The fraction of sp³-hybridized carbons (Fsp3) is 0.556. The highest BCUT2D eigenvalue weighted by molar-refractivity contribution is 5.24. The topological polar surface area (TPSA) is 20.2 Å². The number of hydrogen-bond acceptors (Lipinski definition) is 1. The van der Waals surface area contributed by atoms with Crippen LogP contribution in [-0.2, 0) is 0 Å². The van der Waals surface area contributed by atoms with Crippen LogP contribution in [-0.4, -0.2) is 11.2 Å². The Morgan fingerprint density at radius 2 is 2.00 bits per heavy atom. The van der Waals surface area contributed by atoms with Gasteiger partial charge in [0, 0.05) is 0 Å². The maximum atomic E-state index is 9.16. The summed E-state index contributed by atoms with van der Waals surface area (Å²) in [6.07, 6.45) is -0.517. The lowest BCUT2D eigenvalue weighted by molar-refractivity contribution is 0.181. The second kappa shape index (κ2) is 4.14. The first-order valence-electron chi connectivity index (χ1n) is 3.39. The van der Waals surface area contributed by atoms with Gasteiger partial charge in [-0.25, -0.2) is 0 Å². The van der Waals surface area contributed by atoms with E-state index in [1.54, 1.807) is 0 Å². The van der Waals surface area contributed by atoms with Gasteiger partial charge in [0.1, 0.15) is 6.10 Å². The van der Waals surface area contributed by atoms with Crippen molar-refractivity contribution in [3.8, 4) is 11.8 Å². The Bertz CT molecular complexity index is 169. The molecule has 1 heteroatoms. The van der Waals surface area contributed by atoms with Crippen molar-refractivity contribution >= 4 is 0 Å². The predicted molar refractivity (Wildman–Crippen MR) is 43.4 cm³/mol. The molecule has 0 bridgehead atoms. The Morgan fingerprint density at radius 3 is 2.30 bits per heavy atom. The van der Waals surface area contributed by atoms with Crippen molar-refractivity contribution in [1.82, 2.24) is 0 Å². The van der Waals surface area contributed by atoms with Crippen molar-refractivity contribution in [2.75, 3.05) is 0 Å². The third kappa shape index (κ3) is 4.17. The lowest BCUT2D eigenvalue weighted by atomic mass is 10.1. The molecule has 0 saturated carbocycles. The van der Waals surface area contributed by atoms with Crippen molar-refractivity contribution in [2.24, 2.45) is 5.92 Å². The summed E-state index contributed by atoms with van der Waals surface area (Å²) in [6, 6.07) is 0. The Kier molecular flexibility index (Phi) is 3.83. The monoisotopic (exact) mass is 138 g/mol. The van der Waals surface area contributed by atoms with Crippen molar-refractivity contribution in [1.29, 1.82) is 0 Å². The van der Waals surface area contributed by atoms with Crippen LogP contribution in [0.25, 0.3) is 0 Å². The van der Waals surface area contributed by atoms with Gasteiger partial charge in [0.05, 0.1) is 0 Å². The number of allylic oxidation sites excluding steroid dienone is 1. The fourth-order valence-electron chi connectivity index (χ4n) is 0.364. The van der Waals surface area contributed by atoms with Crippen molar-refractivity contribution < 1.29 is 5.11 Å². The second-order valence-electron chi connectivity index (χ2n) is 2.74. The SMILES string of the molecule is C=C(C)C#C[C@H](O)C(C)C. The molecule has 0 unspecified atom stereocenters. The van der Waals surface area contributed by atoms with Crippen LogP contribution in [0.5, 0.6) is 0 Å². The molecule has 0 aliphatic rings. The minimum Gasteiger partial charge on any atom is -0.380 e. The molecule has 0 saturated heterocycles. The Labute approximate surface area is 62.8 Å². The molecule has 1 atom stereocenters. The van der Waals surface area contributed by atoms with Crippen LogP contribution < -0.4 is 0 Å². The van der Waals surface area contributed by atoms with Gasteiger partial charge in [-0.15, -0.1) is 0 Å². The minimum absolute atomic E-state index is 0.201. The van der Waals surface area contributed by atoms with Crippen molar-refractivity contribution in [2.45, 2.75) is 26.9 Å². The molecule has 0 heterocycles. The average molecular weight is 138 g/mol. The molecular weight excluding hydrogens is 124 g/mol. The Balaban J connectivity index is 3.92. The number of aliphatic hydroxyl groups is 1. The third-order valence-electron chi connectivity index (χ3n) is 1.06. The van der Waals surface area contributed by atoms with Gasteiger partial charge in [-0.3, -0.25) is 0 Å². The summed E-state index contributed by atoms with van der Waals surface area (Å²) in [5.41, 5.74) is 0.791. The molecule has 0 radical (unpaired) electrons. The van der Waals surface area contributed by atoms with E-state index in [-0.39, 0.29) is 5.92 Å². The third-order valence-corrected chi connectivity index (χ3v) is 1.06. The molecule has 1 nitrogen and oxygen atoms in total. The van der Waals surface area contributed by atoms with E-state index in [1.807, 2.05) is 20.8 Å². The smallest absolute Gasteiger partial charge is 0.117 e. The van der Waals surface area contributed by atoms with Crippen LogP contribution in [0, 0.1) is 17.8 Å². The van der Waals surface area contributed by atoms with E-state index in [0.717, 1.165) is 5.57 Å². The highest BCUT2D eigenvalue weighted by Crippen LogP contribution is 1.98. The van der Waals surface area contributed by atoms with Gasteiger partial charge in [0.25, 0.3) is 0 Å². The minimum atomic E-state index is -0.517. The van der Waals surface area contributed by atoms with E-state index in [9.17, 15) is 0 Å². The molecule has 0 aromatic carbocycles. The lowest BCUT2D eigenvalue weighted by Crippen LogP contribution is -2.11. The Hall–Kier alpha value is -0.740. The molecule has 0 spiro atoms. The van der Waals surface area contributed by atoms with Gasteiger partial charge in [-0.05, 0) is 18.4 Å². The molecule has 0 fully saturated rings. The summed E-state index contributed by atoms with van der Waals surface area (Å²) in [4.78, 5) is 0. The van der Waals surface area contributed by atoms with Crippen molar-refractivity contribution in [3.05, 3.63) is 12.2 Å². The second-order valence-corrected chi connectivity index (χ2v) is 2.74. The average Bonchev–Trinajstić information content (AvgIpc) is 1.82. The lowest BCUT2D eigenvalue weighted by Gasteiger charge is -2.04. The van der Waals surface area contributed by atoms with Gasteiger partial charge < -0.3 is 5.11 Å². The quantitative estimate of drug-likeness (QED) is 0.545. The highest BCUT2D eigenvalue weighted by atomic mass is 16.3. The van der Waals surface area contributed by atoms with Gasteiger partial charge in [-0.2, -0.15) is 0 Å². The number of aliphatic hydroxyl groups excluding tert-OH is 1. The maximum absolute atomic E-state index is 9.16. The zero-order valence-electron chi connectivity index (χ0n) is 6.81. The standard InChI is InChI=1S/C9H14O/c1-7(2)5-6-9(10)8(3)4/h8-10H,1H2,2-4H3/t9-/m0/s1. The molecule has 0 rings (SSSR count). The highest BCUT2D eigenvalue weighted by Gasteiger charge is 2.02. The largest absolute Gasteiger partial charge is 0.380 e. The predicted octanol–water partition coefficient (Wildman–Crippen LogP) is 1.58. The molecule has 1 N–H and O–H groups in total. The van der Waals surface area contributed by atoms with Gasteiger partial charge in [-0.1, -0.05) is 32.3 Å². The first-order valence-corrected chi connectivity index (χ1v) is 3.39. The van der Waals surface area contributed by atoms with E-state index >= 15 is 0 Å². The maximum Gasteiger partial charge on any atom is 0.117 e. The molecule has 0 aliphatic carbocycles. The van der Waals surface area contributed by atoms with Crippen molar-refractivity contribution in [3.63, 3.8) is 0 Å². The first kappa shape index (κ1) is 9.26. The summed E-state index contributed by atoms with van der Waals surface area (Å²) < 4.78 is 0. The number of rotatable bonds is 1. The summed E-state index contributed by atoms with van der Waals surface area (Å²) >= 11 is 0. The summed E-state index contributed by atoms with van der Waals surface area (Å²) in [5, 5.41) is 9.16. The van der Waals surface area contributed by atoms with E-state index in [4.69, 9.17) is 5.11 Å². The first-order chi connectivity index (χ1) is 4.54. The summed E-state index contributed by atoms with van der Waals surface area (Å²) in [5.74, 6) is 5.62. The molecule has 0 aromatic heterocycles. The van der Waals surface area contributed by atoms with Crippen LogP contribution in [0.15, 0.2) is 12.2 Å². The fourth-order valence-corrected chi connectivity index (χ4v) is 0.364. The molecule has 0 aromatic rings. The molecule has 10 heavy (non-hydrogen) atoms. The van der Waals surface area contributed by atoms with Crippen LogP contribution in [0.2, 0.25) is 0 Å². The van der Waals surface area contributed by atoms with Crippen LogP contribution in [0.1, 0.15) is 20.8 Å². The van der Waals surface area contributed by atoms with E-state index in [2.05, 4.69) is 18.4 Å². The molecule has 0 aliphatic heterocycles. The number of hydrogen-bond donors (Lipinski definition) is 1. The zero-order valence-corrected chi connectivity index (χ0v) is 6.81. The zero-order chi connectivity index (χ0) is 8.15. The van der Waals surface area contributed by atoms with Crippen LogP contribution in [0.3, 0.4) is 0 Å². The molecule has 56 valence electrons. The van der Waals surface area contributed by atoms with Gasteiger partial charge in [0.15, 0.2) is 0 Å². The van der Waals surface area contributed by atoms with E-state index < -0.39 is 6.10 Å².